The molecule has 3 aromatic carbocycles. The Balaban J connectivity index is 1.50. The van der Waals surface area contributed by atoms with Gasteiger partial charge in [-0.05, 0) is 23.3 Å². The van der Waals surface area contributed by atoms with E-state index in [2.05, 4.69) is 24.3 Å². The monoisotopic (exact) mass is 378 g/mol. The van der Waals surface area contributed by atoms with E-state index in [0.29, 0.717) is 13.1 Å². The van der Waals surface area contributed by atoms with Crippen molar-refractivity contribution in [2.45, 2.75) is 12.6 Å². The largest absolute Gasteiger partial charge is 0.491 e. The minimum atomic E-state index is -0.598. The molecule has 28 heavy (non-hydrogen) atoms. The first-order valence-electron chi connectivity index (χ1n) is 9.69. The van der Waals surface area contributed by atoms with E-state index in [-0.39, 0.29) is 13.2 Å². The lowest BCUT2D eigenvalue weighted by atomic mass is 10.1. The van der Waals surface area contributed by atoms with Crippen LogP contribution in [0.1, 0.15) is 5.56 Å². The van der Waals surface area contributed by atoms with Gasteiger partial charge in [-0.15, -0.1) is 0 Å². The number of nitrogens with one attached hydrogen (secondary N) is 1. The maximum absolute atomic E-state index is 10.4. The van der Waals surface area contributed by atoms with Gasteiger partial charge in [0.15, 0.2) is 0 Å². The number of hydrogen-bond acceptors (Lipinski definition) is 3. The van der Waals surface area contributed by atoms with E-state index in [1.165, 1.54) is 11.1 Å². The van der Waals surface area contributed by atoms with Crippen molar-refractivity contribution in [3.63, 3.8) is 0 Å². The molecule has 0 aromatic heterocycles. The molecule has 146 valence electrons. The van der Waals surface area contributed by atoms with E-state index < -0.39 is 6.10 Å². The fraction of sp³-hybridized carbons (Fsp3) is 0.250. The topological polar surface area (TPSA) is 54.1 Å². The number of quaternary nitrogens is 1. The molecule has 0 radical (unpaired) electrons. The van der Waals surface area contributed by atoms with Crippen LogP contribution in [0.15, 0.2) is 84.9 Å². The molecule has 0 aliphatic heterocycles. The first kappa shape index (κ1) is 20.1. The van der Waals surface area contributed by atoms with Gasteiger partial charge in [0, 0.05) is 5.56 Å². The quantitative estimate of drug-likeness (QED) is 0.507. The van der Waals surface area contributed by atoms with Crippen molar-refractivity contribution in [3.05, 3.63) is 90.5 Å². The Morgan fingerprint density at radius 2 is 1.39 bits per heavy atom. The third-order valence-corrected chi connectivity index (χ3v) is 4.69. The molecule has 3 rings (SSSR count). The summed E-state index contributed by atoms with van der Waals surface area (Å²) in [7, 11) is 0. The molecule has 0 aliphatic rings. The number of aliphatic hydroxyl groups excluding tert-OH is 2. The fourth-order valence-electron chi connectivity index (χ4n) is 3.26. The summed E-state index contributed by atoms with van der Waals surface area (Å²) in [6.07, 6.45) is -0.598. The lowest BCUT2D eigenvalue weighted by Crippen LogP contribution is -3.12. The van der Waals surface area contributed by atoms with Crippen LogP contribution >= 0.6 is 0 Å². The Labute approximate surface area is 166 Å². The minimum absolute atomic E-state index is 0.0939. The predicted octanol–water partition coefficient (Wildman–Crippen LogP) is 2.17. The Morgan fingerprint density at radius 3 is 2.04 bits per heavy atom. The molecule has 3 N–H and O–H groups in total. The zero-order valence-corrected chi connectivity index (χ0v) is 16.0. The molecule has 3 aromatic rings. The van der Waals surface area contributed by atoms with Crippen molar-refractivity contribution >= 4 is 0 Å². The third kappa shape index (κ3) is 6.20. The highest BCUT2D eigenvalue weighted by Gasteiger charge is 2.16. The molecule has 0 saturated heterocycles. The van der Waals surface area contributed by atoms with Crippen molar-refractivity contribution < 1.29 is 19.8 Å². The molecular formula is C24H28NO3+. The number of ether oxygens (including phenoxy) is 1. The van der Waals surface area contributed by atoms with Crippen molar-refractivity contribution in [1.82, 2.24) is 0 Å². The van der Waals surface area contributed by atoms with Crippen molar-refractivity contribution in [3.8, 4) is 16.9 Å². The molecule has 0 fully saturated rings. The molecule has 4 heteroatoms. The third-order valence-electron chi connectivity index (χ3n) is 4.69. The second-order valence-corrected chi connectivity index (χ2v) is 6.95. The lowest BCUT2D eigenvalue weighted by Gasteiger charge is -2.22. The smallest absolute Gasteiger partial charge is 0.137 e. The molecule has 0 heterocycles. The summed E-state index contributed by atoms with van der Waals surface area (Å²) >= 11 is 0. The summed E-state index contributed by atoms with van der Waals surface area (Å²) in [6.45, 7) is 2.21. The fourth-order valence-corrected chi connectivity index (χ4v) is 3.26. The SMILES string of the molecule is OCC[NH+](Cc1ccccc1)C[C@@H](O)COc1ccc(-c2ccccc2)cc1. The number of hydrogen-bond donors (Lipinski definition) is 3. The van der Waals surface area contributed by atoms with Gasteiger partial charge < -0.3 is 19.8 Å². The first-order chi connectivity index (χ1) is 13.7. The summed E-state index contributed by atoms with van der Waals surface area (Å²) < 4.78 is 5.76. The Kier molecular flexibility index (Phi) is 7.62. The van der Waals surface area contributed by atoms with E-state index in [9.17, 15) is 10.2 Å². The Morgan fingerprint density at radius 1 is 0.786 bits per heavy atom. The van der Waals surface area contributed by atoms with Crippen molar-refractivity contribution in [2.75, 3.05) is 26.3 Å². The average Bonchev–Trinajstić information content (AvgIpc) is 2.74. The van der Waals surface area contributed by atoms with Gasteiger partial charge in [0.1, 0.15) is 38.1 Å². The molecule has 0 spiro atoms. The number of rotatable bonds is 10. The summed E-state index contributed by atoms with van der Waals surface area (Å²) in [4.78, 5) is 1.13. The highest BCUT2D eigenvalue weighted by Crippen LogP contribution is 2.22. The van der Waals surface area contributed by atoms with E-state index in [1.807, 2.05) is 60.7 Å². The zero-order chi connectivity index (χ0) is 19.6. The van der Waals surface area contributed by atoms with Crippen LogP contribution in [0, 0.1) is 0 Å². The average molecular weight is 378 g/mol. The van der Waals surface area contributed by atoms with Gasteiger partial charge in [0.05, 0.1) is 6.61 Å². The zero-order valence-electron chi connectivity index (χ0n) is 16.0. The van der Waals surface area contributed by atoms with Gasteiger partial charge in [-0.25, -0.2) is 0 Å². The van der Waals surface area contributed by atoms with Gasteiger partial charge in [0.25, 0.3) is 0 Å². The van der Waals surface area contributed by atoms with Gasteiger partial charge in [-0.2, -0.15) is 0 Å². The molecule has 0 saturated carbocycles. The van der Waals surface area contributed by atoms with E-state index >= 15 is 0 Å². The summed E-state index contributed by atoms with van der Waals surface area (Å²) in [5.41, 5.74) is 3.49. The molecule has 2 atom stereocenters. The first-order valence-corrected chi connectivity index (χ1v) is 9.69. The molecular weight excluding hydrogens is 350 g/mol. The lowest BCUT2D eigenvalue weighted by molar-refractivity contribution is -0.917. The standard InChI is InChI=1S/C24H27NO3/c26-16-15-25(17-20-7-3-1-4-8-20)18-23(27)19-28-24-13-11-22(12-14-24)21-9-5-2-6-10-21/h1-14,23,26-27H,15-19H2/p+1/t23-/m1/s1. The van der Waals surface area contributed by atoms with E-state index in [1.54, 1.807) is 0 Å². The van der Waals surface area contributed by atoms with E-state index in [0.717, 1.165) is 22.8 Å². The summed E-state index contributed by atoms with van der Waals surface area (Å²) in [5.74, 6) is 0.741. The highest BCUT2D eigenvalue weighted by molar-refractivity contribution is 5.63. The maximum Gasteiger partial charge on any atom is 0.137 e. The highest BCUT2D eigenvalue weighted by atomic mass is 16.5. The van der Waals surface area contributed by atoms with Crippen LogP contribution in [0.2, 0.25) is 0 Å². The van der Waals surface area contributed by atoms with Crippen LogP contribution in [-0.2, 0) is 6.54 Å². The second-order valence-electron chi connectivity index (χ2n) is 6.95. The van der Waals surface area contributed by atoms with Gasteiger partial charge in [-0.3, -0.25) is 0 Å². The van der Waals surface area contributed by atoms with Gasteiger partial charge >= 0.3 is 0 Å². The molecule has 4 nitrogen and oxygen atoms in total. The summed E-state index contributed by atoms with van der Waals surface area (Å²) in [5, 5.41) is 19.7. The van der Waals surface area contributed by atoms with Crippen LogP contribution in [0.3, 0.4) is 0 Å². The number of aliphatic hydroxyl groups is 2. The van der Waals surface area contributed by atoms with E-state index in [4.69, 9.17) is 4.74 Å². The van der Waals surface area contributed by atoms with Crippen LogP contribution in [0.4, 0.5) is 0 Å². The molecule has 1 unspecified atom stereocenters. The molecule has 0 aliphatic carbocycles. The van der Waals surface area contributed by atoms with Crippen molar-refractivity contribution in [2.24, 2.45) is 0 Å². The van der Waals surface area contributed by atoms with Crippen LogP contribution in [0.5, 0.6) is 5.75 Å². The predicted molar refractivity (Wildman–Crippen MR) is 111 cm³/mol. The van der Waals surface area contributed by atoms with Crippen LogP contribution in [-0.4, -0.2) is 42.6 Å². The Bertz CT molecular complexity index is 806. The van der Waals surface area contributed by atoms with Gasteiger partial charge in [0.2, 0.25) is 0 Å². The van der Waals surface area contributed by atoms with Crippen LogP contribution < -0.4 is 9.64 Å². The normalized spacial score (nSPS) is 13.1. The minimum Gasteiger partial charge on any atom is -0.491 e. The summed E-state index contributed by atoms with van der Waals surface area (Å²) in [6, 6.07) is 28.2. The molecule has 0 amide bonds. The molecule has 0 bridgehead atoms. The maximum atomic E-state index is 10.4. The van der Waals surface area contributed by atoms with Crippen molar-refractivity contribution in [1.29, 1.82) is 0 Å². The second kappa shape index (κ2) is 10.6. The van der Waals surface area contributed by atoms with Gasteiger partial charge in [-0.1, -0.05) is 72.8 Å². The Hall–Kier alpha value is -2.66. The number of benzene rings is 3. The van der Waals surface area contributed by atoms with Crippen LogP contribution in [0.25, 0.3) is 11.1 Å².